The highest BCUT2D eigenvalue weighted by Gasteiger charge is 2.37. The Morgan fingerprint density at radius 2 is 2.06 bits per heavy atom. The van der Waals surface area contributed by atoms with Gasteiger partial charge in [-0.1, -0.05) is 6.07 Å². The smallest absolute Gasteiger partial charge is 0.168 e. The van der Waals surface area contributed by atoms with Crippen molar-refractivity contribution in [3.05, 3.63) is 28.6 Å². The molecule has 2 rings (SSSR count). The van der Waals surface area contributed by atoms with Crippen LogP contribution in [0.1, 0.15) is 36.0 Å². The molecule has 0 heterocycles. The number of halogens is 1. The topological polar surface area (TPSA) is 35.2 Å². The summed E-state index contributed by atoms with van der Waals surface area (Å²) in [6.07, 6.45) is 4.11. The Hall–Kier alpha value is -1.09. The minimum absolute atomic E-state index is 0.0436. The van der Waals surface area contributed by atoms with Gasteiger partial charge in [-0.05, 0) is 56.2 Å². The molecular formula is C14H20FNO. The molecule has 0 atom stereocenters. The average Bonchev–Trinajstić information content (AvgIpc) is 3.02. The van der Waals surface area contributed by atoms with E-state index in [1.807, 2.05) is 13.0 Å². The summed E-state index contributed by atoms with van der Waals surface area (Å²) in [5, 5.41) is 0. The molecule has 0 amide bonds. The van der Waals surface area contributed by atoms with Gasteiger partial charge in [-0.15, -0.1) is 0 Å². The Morgan fingerprint density at radius 1 is 1.41 bits per heavy atom. The predicted molar refractivity (Wildman–Crippen MR) is 66.9 cm³/mol. The van der Waals surface area contributed by atoms with Crippen LogP contribution >= 0.6 is 0 Å². The summed E-state index contributed by atoms with van der Waals surface area (Å²) in [4.78, 5) is 0. The minimum atomic E-state index is -0.248. The normalized spacial score (nSPS) is 17.0. The molecule has 0 aliphatic heterocycles. The van der Waals surface area contributed by atoms with Crippen LogP contribution in [0.3, 0.4) is 0 Å². The van der Waals surface area contributed by atoms with Gasteiger partial charge in [0.05, 0.1) is 7.11 Å². The first-order valence-electron chi connectivity index (χ1n) is 6.08. The van der Waals surface area contributed by atoms with Gasteiger partial charge in [0.1, 0.15) is 0 Å². The van der Waals surface area contributed by atoms with E-state index in [0.717, 1.165) is 36.8 Å². The molecule has 1 aromatic carbocycles. The minimum Gasteiger partial charge on any atom is -0.493 e. The standard InChI is InChI=1S/C14H20FNO/c1-9-8-11(4-5-14(16)6-7-14)10(2)13(17-3)12(9)15/h8H,4-7,16H2,1-3H3. The Kier molecular flexibility index (Phi) is 3.13. The van der Waals surface area contributed by atoms with Crippen molar-refractivity contribution in [1.29, 1.82) is 0 Å². The molecule has 0 unspecified atom stereocenters. The van der Waals surface area contributed by atoms with Gasteiger partial charge in [0.15, 0.2) is 11.6 Å². The fraction of sp³-hybridized carbons (Fsp3) is 0.571. The number of methoxy groups -OCH3 is 1. The lowest BCUT2D eigenvalue weighted by Gasteiger charge is -2.15. The van der Waals surface area contributed by atoms with E-state index >= 15 is 0 Å². The van der Waals surface area contributed by atoms with Crippen molar-refractivity contribution in [2.75, 3.05) is 7.11 Å². The van der Waals surface area contributed by atoms with Gasteiger partial charge in [0.25, 0.3) is 0 Å². The fourth-order valence-corrected chi connectivity index (χ4v) is 2.22. The van der Waals surface area contributed by atoms with E-state index in [-0.39, 0.29) is 11.4 Å². The van der Waals surface area contributed by atoms with Crippen LogP contribution in [0.2, 0.25) is 0 Å². The molecular weight excluding hydrogens is 217 g/mol. The number of rotatable bonds is 4. The first-order chi connectivity index (χ1) is 7.97. The molecule has 0 bridgehead atoms. The summed E-state index contributed by atoms with van der Waals surface area (Å²) in [6, 6.07) is 1.92. The van der Waals surface area contributed by atoms with Crippen LogP contribution < -0.4 is 10.5 Å². The summed E-state index contributed by atoms with van der Waals surface area (Å²) < 4.78 is 18.9. The number of benzene rings is 1. The third-order valence-electron chi connectivity index (χ3n) is 3.75. The fourth-order valence-electron chi connectivity index (χ4n) is 2.22. The largest absolute Gasteiger partial charge is 0.493 e. The number of nitrogens with two attached hydrogens (primary N) is 1. The van der Waals surface area contributed by atoms with Crippen LogP contribution in [0.4, 0.5) is 4.39 Å². The van der Waals surface area contributed by atoms with Crippen LogP contribution in [0, 0.1) is 19.7 Å². The first kappa shape index (κ1) is 12.4. The van der Waals surface area contributed by atoms with Crippen molar-refractivity contribution < 1.29 is 9.13 Å². The number of ether oxygens (including phenoxy) is 1. The quantitative estimate of drug-likeness (QED) is 0.874. The number of aryl methyl sites for hydroxylation is 2. The van der Waals surface area contributed by atoms with Gasteiger partial charge < -0.3 is 10.5 Å². The highest BCUT2D eigenvalue weighted by atomic mass is 19.1. The van der Waals surface area contributed by atoms with Crippen molar-refractivity contribution in [2.45, 2.75) is 45.1 Å². The highest BCUT2D eigenvalue weighted by Crippen LogP contribution is 2.38. The van der Waals surface area contributed by atoms with Crippen LogP contribution in [0.15, 0.2) is 6.07 Å². The van der Waals surface area contributed by atoms with E-state index < -0.39 is 0 Å². The molecule has 1 fully saturated rings. The van der Waals surface area contributed by atoms with Gasteiger partial charge in [0, 0.05) is 5.54 Å². The first-order valence-corrected chi connectivity index (χ1v) is 6.08. The predicted octanol–water partition coefficient (Wildman–Crippen LogP) is 2.88. The molecule has 1 aromatic rings. The number of hydrogen-bond acceptors (Lipinski definition) is 2. The van der Waals surface area contributed by atoms with Gasteiger partial charge in [-0.3, -0.25) is 0 Å². The maximum absolute atomic E-state index is 13.8. The molecule has 2 nitrogen and oxygen atoms in total. The molecule has 0 saturated heterocycles. The van der Waals surface area contributed by atoms with E-state index in [0.29, 0.717) is 11.3 Å². The Morgan fingerprint density at radius 3 is 2.59 bits per heavy atom. The zero-order valence-corrected chi connectivity index (χ0v) is 10.8. The van der Waals surface area contributed by atoms with E-state index in [9.17, 15) is 4.39 Å². The van der Waals surface area contributed by atoms with Gasteiger partial charge in [0.2, 0.25) is 0 Å². The zero-order valence-electron chi connectivity index (χ0n) is 10.8. The molecule has 1 aliphatic carbocycles. The molecule has 94 valence electrons. The SMILES string of the molecule is COc1c(C)c(CCC2(N)CC2)cc(C)c1F. The second-order valence-electron chi connectivity index (χ2n) is 5.19. The van der Waals surface area contributed by atoms with Gasteiger partial charge in [-0.2, -0.15) is 0 Å². The Bertz CT molecular complexity index is 438. The van der Waals surface area contributed by atoms with Gasteiger partial charge >= 0.3 is 0 Å². The lowest BCUT2D eigenvalue weighted by molar-refractivity contribution is 0.381. The van der Waals surface area contributed by atoms with E-state index in [1.165, 1.54) is 7.11 Å². The van der Waals surface area contributed by atoms with Crippen molar-refractivity contribution in [1.82, 2.24) is 0 Å². The molecule has 1 saturated carbocycles. The molecule has 0 spiro atoms. The number of hydrogen-bond donors (Lipinski definition) is 1. The van der Waals surface area contributed by atoms with E-state index in [2.05, 4.69) is 0 Å². The molecule has 3 heteroatoms. The molecule has 1 aliphatic rings. The van der Waals surface area contributed by atoms with Crippen LogP contribution in [-0.2, 0) is 6.42 Å². The summed E-state index contributed by atoms with van der Waals surface area (Å²) in [5.41, 5.74) is 8.82. The Labute approximate surface area is 102 Å². The summed E-state index contributed by atoms with van der Waals surface area (Å²) in [5.74, 6) is 0.129. The summed E-state index contributed by atoms with van der Waals surface area (Å²) in [7, 11) is 1.51. The maximum Gasteiger partial charge on any atom is 0.168 e. The Balaban J connectivity index is 2.24. The van der Waals surface area contributed by atoms with Crippen molar-refractivity contribution in [2.24, 2.45) is 5.73 Å². The molecule has 0 radical (unpaired) electrons. The second kappa shape index (κ2) is 4.30. The van der Waals surface area contributed by atoms with Crippen LogP contribution in [0.5, 0.6) is 5.75 Å². The third kappa shape index (κ3) is 2.44. The summed E-state index contributed by atoms with van der Waals surface area (Å²) >= 11 is 0. The second-order valence-corrected chi connectivity index (χ2v) is 5.19. The highest BCUT2D eigenvalue weighted by molar-refractivity contribution is 5.44. The van der Waals surface area contributed by atoms with Crippen LogP contribution in [-0.4, -0.2) is 12.6 Å². The van der Waals surface area contributed by atoms with Crippen molar-refractivity contribution >= 4 is 0 Å². The van der Waals surface area contributed by atoms with Gasteiger partial charge in [-0.25, -0.2) is 4.39 Å². The molecule has 2 N–H and O–H groups in total. The lowest BCUT2D eigenvalue weighted by atomic mass is 9.97. The van der Waals surface area contributed by atoms with E-state index in [1.54, 1.807) is 6.92 Å². The zero-order chi connectivity index (χ0) is 12.6. The molecule has 17 heavy (non-hydrogen) atoms. The monoisotopic (exact) mass is 237 g/mol. The van der Waals surface area contributed by atoms with Crippen molar-refractivity contribution in [3.63, 3.8) is 0 Å². The summed E-state index contributed by atoms with van der Waals surface area (Å²) in [6.45, 7) is 3.68. The van der Waals surface area contributed by atoms with Crippen LogP contribution in [0.25, 0.3) is 0 Å². The van der Waals surface area contributed by atoms with E-state index in [4.69, 9.17) is 10.5 Å². The average molecular weight is 237 g/mol. The van der Waals surface area contributed by atoms with Crippen molar-refractivity contribution in [3.8, 4) is 5.75 Å². The maximum atomic E-state index is 13.8. The molecule has 0 aromatic heterocycles. The lowest BCUT2D eigenvalue weighted by Crippen LogP contribution is -2.22. The third-order valence-corrected chi connectivity index (χ3v) is 3.75.